The highest BCUT2D eigenvalue weighted by Crippen LogP contribution is 2.54. The molecule has 7 aromatic carbocycles. The molecular formula is C76H79ClN4O13S2Si. The number of carbonyl (C=O) groups excluding carboxylic acids is 1. The monoisotopic (exact) mass is 1380 g/mol. The van der Waals surface area contributed by atoms with Crippen molar-refractivity contribution in [1.29, 1.82) is 0 Å². The molecule has 1 aliphatic rings. The van der Waals surface area contributed by atoms with Crippen LogP contribution in [0.15, 0.2) is 169 Å². The van der Waals surface area contributed by atoms with E-state index >= 15 is 0 Å². The number of esters is 1. The van der Waals surface area contributed by atoms with Crippen LogP contribution in [0.4, 0.5) is 0 Å². The van der Waals surface area contributed by atoms with Gasteiger partial charge < -0.3 is 42.3 Å². The van der Waals surface area contributed by atoms with E-state index in [-0.39, 0.29) is 65.4 Å². The normalized spacial score (nSPS) is 13.2. The standard InChI is InChI=1S/C76H79ClN4O13S2Si/c1-12-89-75(82)67(41-54-39-58(94-97(10,11)76(4,5)6)31-35-64(54)90-43-55-37-38-78-72(81-55)62-15-13-14-16-65(62)87-9)93-73-69-68(71(51-19-20-51)95-74(69)80-46-79-73)61-34-36-66(70(77)48(61)3)92-59(45-91-96(83,84)60-32-17-47(2)18-33-60)44-88-42-53-22-21-52(49-23-27-56(85-7)28-24-49)40-63(53)50-25-29-57(86-8)30-26-50/h13-18,21-40,46,51,59,67H,12,19-20,41-45H2,1-11H3/t59-,67?/m1/s1. The van der Waals surface area contributed by atoms with Crippen LogP contribution in [0.5, 0.6) is 40.4 Å². The Morgan fingerprint density at radius 2 is 1.38 bits per heavy atom. The lowest BCUT2D eigenvalue weighted by molar-refractivity contribution is -0.151. The number of aromatic nitrogens is 4. The van der Waals surface area contributed by atoms with Crippen LogP contribution in [-0.4, -0.2) is 96.0 Å². The minimum Gasteiger partial charge on any atom is -0.543 e. The summed E-state index contributed by atoms with van der Waals surface area (Å²) in [6.45, 7) is 16.2. The summed E-state index contributed by atoms with van der Waals surface area (Å²) in [5.41, 5.74) is 9.83. The first kappa shape index (κ1) is 69.5. The molecule has 97 heavy (non-hydrogen) atoms. The van der Waals surface area contributed by atoms with Gasteiger partial charge >= 0.3 is 5.97 Å². The van der Waals surface area contributed by atoms with Gasteiger partial charge in [-0.2, -0.15) is 8.42 Å². The number of aryl methyl sites for hydroxylation is 1. The van der Waals surface area contributed by atoms with E-state index in [2.05, 4.69) is 44.9 Å². The molecule has 2 atom stereocenters. The summed E-state index contributed by atoms with van der Waals surface area (Å²) in [4.78, 5) is 35.2. The molecule has 0 radical (unpaired) electrons. The number of nitrogens with zero attached hydrogens (tertiary/aromatic N) is 4. The van der Waals surface area contributed by atoms with Crippen molar-refractivity contribution in [3.05, 3.63) is 202 Å². The van der Waals surface area contributed by atoms with Gasteiger partial charge in [-0.1, -0.05) is 105 Å². The quantitative estimate of drug-likeness (QED) is 0.0244. The number of methoxy groups -OCH3 is 3. The van der Waals surface area contributed by atoms with E-state index in [1.807, 2.05) is 123 Å². The van der Waals surface area contributed by atoms with Gasteiger partial charge in [0.2, 0.25) is 20.3 Å². The van der Waals surface area contributed by atoms with Gasteiger partial charge in [0.1, 0.15) is 65.0 Å². The highest BCUT2D eigenvalue weighted by atomic mass is 35.5. The minimum atomic E-state index is -4.24. The van der Waals surface area contributed by atoms with Crippen LogP contribution in [-0.2, 0) is 48.2 Å². The van der Waals surface area contributed by atoms with Crippen LogP contribution in [0.25, 0.3) is 55.0 Å². The fourth-order valence-corrected chi connectivity index (χ4v) is 14.4. The van der Waals surface area contributed by atoms with Crippen LogP contribution < -0.4 is 32.8 Å². The number of benzene rings is 7. The van der Waals surface area contributed by atoms with Crippen molar-refractivity contribution in [3.8, 4) is 85.1 Å². The van der Waals surface area contributed by atoms with Crippen molar-refractivity contribution in [3.63, 3.8) is 0 Å². The highest BCUT2D eigenvalue weighted by Gasteiger charge is 2.40. The molecule has 0 N–H and O–H groups in total. The summed E-state index contributed by atoms with van der Waals surface area (Å²) in [7, 11) is -1.73. The third-order valence-corrected chi connectivity index (χ3v) is 24.8. The average molecular weight is 1380 g/mol. The molecule has 0 amide bonds. The lowest BCUT2D eigenvalue weighted by Crippen LogP contribution is -2.43. The summed E-state index contributed by atoms with van der Waals surface area (Å²) >= 11 is 9.03. The average Bonchev–Trinajstić information content (AvgIpc) is 1.60. The van der Waals surface area contributed by atoms with Crippen molar-refractivity contribution in [2.45, 2.75) is 115 Å². The fraction of sp³-hybridized carbons (Fsp3) is 0.303. The molecule has 1 fully saturated rings. The van der Waals surface area contributed by atoms with Crippen LogP contribution in [0, 0.1) is 13.8 Å². The molecule has 0 spiro atoms. The fourth-order valence-electron chi connectivity index (χ4n) is 10.9. The van der Waals surface area contributed by atoms with Crippen LogP contribution in [0.3, 0.4) is 0 Å². The minimum absolute atomic E-state index is 0.00181. The first-order valence-electron chi connectivity index (χ1n) is 32.1. The van der Waals surface area contributed by atoms with Gasteiger partial charge in [-0.25, -0.2) is 24.7 Å². The van der Waals surface area contributed by atoms with Gasteiger partial charge in [0, 0.05) is 28.6 Å². The van der Waals surface area contributed by atoms with E-state index in [9.17, 15) is 13.2 Å². The molecule has 3 heterocycles. The maximum Gasteiger partial charge on any atom is 0.347 e. The number of halogens is 1. The molecule has 1 saturated carbocycles. The number of fused-ring (bicyclic) bond motifs is 1. The van der Waals surface area contributed by atoms with Crippen LogP contribution in [0.2, 0.25) is 23.2 Å². The van der Waals surface area contributed by atoms with E-state index < -0.39 is 43.2 Å². The zero-order valence-corrected chi connectivity index (χ0v) is 59.7. The Labute approximate surface area is 577 Å². The molecular weight excluding hydrogens is 1300 g/mol. The first-order valence-corrected chi connectivity index (χ1v) is 37.6. The van der Waals surface area contributed by atoms with Crippen LogP contribution in [0.1, 0.15) is 79.3 Å². The molecule has 0 saturated heterocycles. The predicted molar refractivity (Wildman–Crippen MR) is 381 cm³/mol. The van der Waals surface area contributed by atoms with Crippen molar-refractivity contribution < 1.29 is 59.7 Å². The van der Waals surface area contributed by atoms with Crippen molar-refractivity contribution in [1.82, 2.24) is 19.9 Å². The van der Waals surface area contributed by atoms with Gasteiger partial charge in [0.05, 0.1) is 67.7 Å². The molecule has 10 aromatic rings. The first-order chi connectivity index (χ1) is 46.6. The zero-order chi connectivity index (χ0) is 68.6. The zero-order valence-electron chi connectivity index (χ0n) is 56.3. The Hall–Kier alpha value is -8.89. The molecule has 504 valence electrons. The molecule has 0 aliphatic heterocycles. The van der Waals surface area contributed by atoms with Gasteiger partial charge in [-0.05, 0) is 182 Å². The number of rotatable bonds is 29. The second-order valence-corrected chi connectivity index (χ2v) is 33.0. The Bertz CT molecular complexity index is 4540. The van der Waals surface area contributed by atoms with E-state index in [0.29, 0.717) is 50.1 Å². The SMILES string of the molecule is CCOC(=O)C(Cc1cc(O[Si](C)(C)C(C)(C)C)ccc1OCc1ccnc(-c2ccccc2OC)n1)Oc1ncnc2sc(C3CC3)c(-c3ccc(O[C@H](COCc4ccc(-c5ccc(OC)cc5)cc4-c4ccc(OC)cc4)COS(=O)(=O)c4ccc(C)cc4)c(Cl)c3C)c12. The van der Waals surface area contributed by atoms with Gasteiger partial charge in [0.15, 0.2) is 5.82 Å². The van der Waals surface area contributed by atoms with Crippen LogP contribution >= 0.6 is 22.9 Å². The Morgan fingerprint density at radius 1 is 0.691 bits per heavy atom. The lowest BCUT2D eigenvalue weighted by atomic mass is 9.94. The summed E-state index contributed by atoms with van der Waals surface area (Å²) in [6.07, 6.45) is 2.81. The largest absolute Gasteiger partial charge is 0.543 e. The maximum absolute atomic E-state index is 14.5. The second kappa shape index (κ2) is 30.3. The molecule has 0 bridgehead atoms. The van der Waals surface area contributed by atoms with E-state index in [1.165, 1.54) is 18.5 Å². The number of ether oxygens (including phenoxy) is 8. The molecule has 11 rings (SSSR count). The van der Waals surface area contributed by atoms with E-state index in [4.69, 9.17) is 73.1 Å². The molecule has 1 unspecified atom stereocenters. The number of carbonyl (C=O) groups is 1. The third-order valence-electron chi connectivity index (χ3n) is 17.4. The number of para-hydroxylation sites is 1. The topological polar surface area (TPSA) is 195 Å². The number of hydrogen-bond donors (Lipinski definition) is 0. The number of hydrogen-bond acceptors (Lipinski definition) is 18. The Balaban J connectivity index is 0.907. The van der Waals surface area contributed by atoms with Gasteiger partial charge in [0.25, 0.3) is 10.1 Å². The molecule has 21 heteroatoms. The predicted octanol–water partition coefficient (Wildman–Crippen LogP) is 17.2. The molecule has 3 aromatic heterocycles. The number of thiophene rings is 1. The summed E-state index contributed by atoms with van der Waals surface area (Å²) in [5.74, 6) is 3.75. The van der Waals surface area contributed by atoms with Crippen molar-refractivity contribution in [2.75, 3.05) is 41.2 Å². The summed E-state index contributed by atoms with van der Waals surface area (Å²) < 4.78 is 89.4. The van der Waals surface area contributed by atoms with E-state index in [0.717, 1.165) is 79.3 Å². The highest BCUT2D eigenvalue weighted by molar-refractivity contribution is 7.86. The van der Waals surface area contributed by atoms with Crippen molar-refractivity contribution in [2.24, 2.45) is 0 Å². The van der Waals surface area contributed by atoms with Crippen molar-refractivity contribution >= 4 is 57.6 Å². The lowest BCUT2D eigenvalue weighted by Gasteiger charge is -2.36. The van der Waals surface area contributed by atoms with Gasteiger partial charge in [-0.3, -0.25) is 4.18 Å². The molecule has 17 nitrogen and oxygen atoms in total. The third kappa shape index (κ3) is 16.4. The van der Waals surface area contributed by atoms with E-state index in [1.54, 1.807) is 70.1 Å². The second-order valence-electron chi connectivity index (χ2n) is 25.2. The smallest absolute Gasteiger partial charge is 0.347 e. The maximum atomic E-state index is 14.5. The summed E-state index contributed by atoms with van der Waals surface area (Å²) in [5, 5.41) is 0.760. The van der Waals surface area contributed by atoms with Gasteiger partial charge in [-0.15, -0.1) is 11.3 Å². The molecule has 1 aliphatic carbocycles. The summed E-state index contributed by atoms with van der Waals surface area (Å²) in [6, 6.07) is 47.0. The Kier molecular flexibility index (Phi) is 21.7. The Morgan fingerprint density at radius 3 is 2.07 bits per heavy atom.